The fourth-order valence-corrected chi connectivity index (χ4v) is 3.03. The molecule has 0 spiro atoms. The summed E-state index contributed by atoms with van der Waals surface area (Å²) in [5.41, 5.74) is 1.13. The maximum atomic E-state index is 12.1. The van der Waals surface area contributed by atoms with Crippen molar-refractivity contribution in [1.82, 2.24) is 10.2 Å². The minimum absolute atomic E-state index is 0.203. The molecule has 2 rings (SSSR count). The molecule has 1 aromatic rings. The summed E-state index contributed by atoms with van der Waals surface area (Å²) in [6.45, 7) is 9.74. The van der Waals surface area contributed by atoms with E-state index in [0.29, 0.717) is 23.8 Å². The van der Waals surface area contributed by atoms with Crippen molar-refractivity contribution in [2.24, 2.45) is 5.92 Å². The van der Waals surface area contributed by atoms with Crippen LogP contribution in [0, 0.1) is 5.92 Å². The number of urea groups is 1. The fourth-order valence-electron chi connectivity index (χ4n) is 3.03. The summed E-state index contributed by atoms with van der Waals surface area (Å²) in [5.74, 6) is 0.317. The molecule has 2 amide bonds. The lowest BCUT2D eigenvalue weighted by molar-refractivity contribution is 0.0526. The Labute approximate surface area is 149 Å². The van der Waals surface area contributed by atoms with Crippen LogP contribution >= 0.6 is 0 Å². The molecule has 1 aromatic carbocycles. The number of esters is 1. The molecule has 138 valence electrons. The van der Waals surface area contributed by atoms with E-state index >= 15 is 0 Å². The highest BCUT2D eigenvalue weighted by Crippen LogP contribution is 2.13. The number of anilines is 1. The number of carbonyl (C=O) groups is 2. The Morgan fingerprint density at radius 3 is 2.40 bits per heavy atom. The number of nitrogens with one attached hydrogen (secondary N) is 2. The van der Waals surface area contributed by atoms with Gasteiger partial charge in [0.15, 0.2) is 0 Å². The minimum atomic E-state index is -0.355. The van der Waals surface area contributed by atoms with Crippen molar-refractivity contribution in [3.63, 3.8) is 0 Å². The van der Waals surface area contributed by atoms with Crippen LogP contribution in [-0.4, -0.2) is 49.2 Å². The van der Waals surface area contributed by atoms with Crippen molar-refractivity contribution in [2.45, 2.75) is 39.7 Å². The standard InChI is InChI=1S/C19H29N3O3/c1-4-25-18(23)15-5-7-16(8-6-15)20-19(24)21-17-9-11-22(12-10-17)13-14(2)3/h5-8,14,17H,4,9-13H2,1-3H3,(H2,20,21,24). The van der Waals surface area contributed by atoms with E-state index in [2.05, 4.69) is 29.4 Å². The second kappa shape index (κ2) is 9.42. The molecule has 2 N–H and O–H groups in total. The minimum Gasteiger partial charge on any atom is -0.462 e. The molecular weight excluding hydrogens is 318 g/mol. The molecule has 6 nitrogen and oxygen atoms in total. The van der Waals surface area contributed by atoms with E-state index in [1.807, 2.05) is 0 Å². The summed E-state index contributed by atoms with van der Waals surface area (Å²) >= 11 is 0. The predicted molar refractivity (Wildman–Crippen MR) is 98.9 cm³/mol. The highest BCUT2D eigenvalue weighted by atomic mass is 16.5. The van der Waals surface area contributed by atoms with Gasteiger partial charge in [-0.2, -0.15) is 0 Å². The van der Waals surface area contributed by atoms with E-state index in [1.54, 1.807) is 31.2 Å². The predicted octanol–water partition coefficient (Wildman–Crippen LogP) is 3.11. The molecule has 0 unspecified atom stereocenters. The summed E-state index contributed by atoms with van der Waals surface area (Å²) < 4.78 is 4.94. The average molecular weight is 347 g/mol. The number of carbonyl (C=O) groups excluding carboxylic acids is 2. The Kier molecular flexibility index (Phi) is 7.25. The van der Waals surface area contributed by atoms with Crippen LogP contribution in [0.1, 0.15) is 44.0 Å². The SMILES string of the molecule is CCOC(=O)c1ccc(NC(=O)NC2CCN(CC(C)C)CC2)cc1. The van der Waals surface area contributed by atoms with Crippen LogP contribution in [0.2, 0.25) is 0 Å². The number of benzene rings is 1. The van der Waals surface area contributed by atoms with Gasteiger partial charge in [0.25, 0.3) is 0 Å². The molecule has 0 aromatic heterocycles. The number of likely N-dealkylation sites (tertiary alicyclic amines) is 1. The van der Waals surface area contributed by atoms with Crippen LogP contribution in [-0.2, 0) is 4.74 Å². The number of ether oxygens (including phenoxy) is 1. The van der Waals surface area contributed by atoms with E-state index in [9.17, 15) is 9.59 Å². The van der Waals surface area contributed by atoms with Gasteiger partial charge in [-0.15, -0.1) is 0 Å². The first kappa shape index (κ1) is 19.2. The average Bonchev–Trinajstić information content (AvgIpc) is 2.57. The Morgan fingerprint density at radius 1 is 1.20 bits per heavy atom. The molecule has 0 saturated carbocycles. The first-order valence-electron chi connectivity index (χ1n) is 9.05. The quantitative estimate of drug-likeness (QED) is 0.776. The molecule has 1 aliphatic heterocycles. The van der Waals surface area contributed by atoms with Crippen molar-refractivity contribution in [1.29, 1.82) is 0 Å². The van der Waals surface area contributed by atoms with Crippen molar-refractivity contribution in [2.75, 3.05) is 31.6 Å². The third-order valence-corrected chi connectivity index (χ3v) is 4.20. The van der Waals surface area contributed by atoms with Gasteiger partial charge in [-0.05, 0) is 49.9 Å². The van der Waals surface area contributed by atoms with E-state index in [4.69, 9.17) is 4.74 Å². The summed E-state index contributed by atoms with van der Waals surface area (Å²) in [6.07, 6.45) is 1.95. The third-order valence-electron chi connectivity index (χ3n) is 4.20. The van der Waals surface area contributed by atoms with E-state index in [0.717, 1.165) is 32.5 Å². The van der Waals surface area contributed by atoms with Crippen molar-refractivity contribution in [3.8, 4) is 0 Å². The van der Waals surface area contributed by atoms with Crippen molar-refractivity contribution < 1.29 is 14.3 Å². The first-order valence-corrected chi connectivity index (χ1v) is 9.05. The van der Waals surface area contributed by atoms with Gasteiger partial charge in [-0.1, -0.05) is 13.8 Å². The Bertz CT molecular complexity index is 564. The van der Waals surface area contributed by atoms with Crippen LogP contribution in [0.4, 0.5) is 10.5 Å². The number of amides is 2. The van der Waals surface area contributed by atoms with Crippen LogP contribution in [0.25, 0.3) is 0 Å². The maximum absolute atomic E-state index is 12.1. The van der Waals surface area contributed by atoms with Gasteiger partial charge in [-0.3, -0.25) is 0 Å². The molecule has 1 aliphatic rings. The van der Waals surface area contributed by atoms with Crippen LogP contribution in [0.5, 0.6) is 0 Å². The lowest BCUT2D eigenvalue weighted by Gasteiger charge is -2.33. The maximum Gasteiger partial charge on any atom is 0.338 e. The smallest absolute Gasteiger partial charge is 0.338 e. The zero-order valence-electron chi connectivity index (χ0n) is 15.4. The summed E-state index contributed by atoms with van der Waals surface area (Å²) in [6, 6.07) is 6.72. The van der Waals surface area contributed by atoms with Crippen LogP contribution in [0.15, 0.2) is 24.3 Å². The Balaban J connectivity index is 1.76. The molecule has 1 saturated heterocycles. The normalized spacial score (nSPS) is 15.8. The number of rotatable bonds is 6. The topological polar surface area (TPSA) is 70.7 Å². The number of piperidine rings is 1. The molecule has 0 radical (unpaired) electrons. The Morgan fingerprint density at radius 2 is 1.84 bits per heavy atom. The lowest BCUT2D eigenvalue weighted by Crippen LogP contribution is -2.46. The molecule has 0 aliphatic carbocycles. The molecule has 25 heavy (non-hydrogen) atoms. The zero-order chi connectivity index (χ0) is 18.2. The van der Waals surface area contributed by atoms with Gasteiger partial charge >= 0.3 is 12.0 Å². The fraction of sp³-hybridized carbons (Fsp3) is 0.579. The summed E-state index contributed by atoms with van der Waals surface area (Å²) in [5, 5.41) is 5.85. The monoisotopic (exact) mass is 347 g/mol. The number of hydrogen-bond acceptors (Lipinski definition) is 4. The van der Waals surface area contributed by atoms with Gasteiger partial charge in [0, 0.05) is 31.4 Å². The molecule has 1 heterocycles. The molecule has 0 atom stereocenters. The van der Waals surface area contributed by atoms with Crippen LogP contribution in [0.3, 0.4) is 0 Å². The van der Waals surface area contributed by atoms with Crippen molar-refractivity contribution >= 4 is 17.7 Å². The van der Waals surface area contributed by atoms with Gasteiger partial charge < -0.3 is 20.3 Å². The molecular formula is C19H29N3O3. The van der Waals surface area contributed by atoms with Gasteiger partial charge in [-0.25, -0.2) is 9.59 Å². The van der Waals surface area contributed by atoms with Gasteiger partial charge in [0.1, 0.15) is 0 Å². The van der Waals surface area contributed by atoms with Crippen molar-refractivity contribution in [3.05, 3.63) is 29.8 Å². The summed E-state index contributed by atoms with van der Waals surface area (Å²) in [7, 11) is 0. The second-order valence-electron chi connectivity index (χ2n) is 6.87. The summed E-state index contributed by atoms with van der Waals surface area (Å²) in [4.78, 5) is 26.2. The molecule has 6 heteroatoms. The molecule has 1 fully saturated rings. The lowest BCUT2D eigenvalue weighted by atomic mass is 10.0. The third kappa shape index (κ3) is 6.38. The van der Waals surface area contributed by atoms with Crippen LogP contribution < -0.4 is 10.6 Å². The van der Waals surface area contributed by atoms with E-state index < -0.39 is 0 Å². The highest BCUT2D eigenvalue weighted by molar-refractivity contribution is 5.92. The molecule has 0 bridgehead atoms. The van der Waals surface area contributed by atoms with Gasteiger partial charge in [0.2, 0.25) is 0 Å². The second-order valence-corrected chi connectivity index (χ2v) is 6.87. The zero-order valence-corrected chi connectivity index (χ0v) is 15.4. The van der Waals surface area contributed by atoms with E-state index in [1.165, 1.54) is 0 Å². The number of nitrogens with zero attached hydrogens (tertiary/aromatic N) is 1. The van der Waals surface area contributed by atoms with E-state index in [-0.39, 0.29) is 18.0 Å². The highest BCUT2D eigenvalue weighted by Gasteiger charge is 2.21. The largest absolute Gasteiger partial charge is 0.462 e. The number of hydrogen-bond donors (Lipinski definition) is 2. The Hall–Kier alpha value is -2.08. The first-order chi connectivity index (χ1) is 12.0. The van der Waals surface area contributed by atoms with Gasteiger partial charge in [0.05, 0.1) is 12.2 Å².